The smallest absolute Gasteiger partial charge is 0.255 e. The topological polar surface area (TPSA) is 74.0 Å². The Labute approximate surface area is 190 Å². The summed E-state index contributed by atoms with van der Waals surface area (Å²) >= 11 is 0. The fourth-order valence-electron chi connectivity index (χ4n) is 4.69. The van der Waals surface area contributed by atoms with Gasteiger partial charge in [-0.2, -0.15) is 5.10 Å². The number of halogens is 2. The van der Waals surface area contributed by atoms with Gasteiger partial charge in [0.1, 0.15) is 5.82 Å². The highest BCUT2D eigenvalue weighted by atomic mass is 19.3. The zero-order valence-electron chi connectivity index (χ0n) is 18.6. The Morgan fingerprint density at radius 2 is 2.06 bits per heavy atom. The molecule has 0 spiro atoms. The van der Waals surface area contributed by atoms with Gasteiger partial charge in [-0.05, 0) is 36.0 Å². The molecular formula is C23H26F2N6O2. The first kappa shape index (κ1) is 21.5. The molecule has 3 aliphatic rings. The van der Waals surface area contributed by atoms with Gasteiger partial charge < -0.3 is 14.4 Å². The van der Waals surface area contributed by atoms with E-state index in [1.807, 2.05) is 36.0 Å². The Kier molecular flexibility index (Phi) is 5.18. The number of aromatic nitrogens is 2. The monoisotopic (exact) mass is 456 g/mol. The SMILES string of the molecule is CN(C=O)/N=c1/cc(N2CC3CC3c3cc(C(=O)N4CCC(F)(F)CC4)cnc32)ccn1C. The second-order valence-electron chi connectivity index (χ2n) is 9.13. The van der Waals surface area contributed by atoms with E-state index in [9.17, 15) is 18.4 Å². The van der Waals surface area contributed by atoms with Crippen molar-refractivity contribution in [2.45, 2.75) is 31.1 Å². The van der Waals surface area contributed by atoms with E-state index in [1.54, 1.807) is 13.2 Å². The molecule has 2 aromatic heterocycles. The van der Waals surface area contributed by atoms with Gasteiger partial charge in [-0.25, -0.2) is 18.8 Å². The number of likely N-dealkylation sites (tertiary alicyclic amines) is 1. The molecule has 8 nitrogen and oxygen atoms in total. The zero-order valence-corrected chi connectivity index (χ0v) is 18.6. The molecule has 2 atom stereocenters. The van der Waals surface area contributed by atoms with Gasteiger partial charge in [0.15, 0.2) is 5.49 Å². The molecule has 2 fully saturated rings. The largest absolute Gasteiger partial charge is 0.338 e. The van der Waals surface area contributed by atoms with Crippen molar-refractivity contribution < 1.29 is 18.4 Å². The first-order valence-corrected chi connectivity index (χ1v) is 11.1. The molecule has 4 heterocycles. The number of carbonyl (C=O) groups is 2. The summed E-state index contributed by atoms with van der Waals surface area (Å²) in [5.41, 5.74) is 3.00. The lowest BCUT2D eigenvalue weighted by atomic mass is 10.0. The predicted octanol–water partition coefficient (Wildman–Crippen LogP) is 2.45. The molecule has 33 heavy (non-hydrogen) atoms. The Morgan fingerprint density at radius 1 is 1.30 bits per heavy atom. The number of pyridine rings is 2. The van der Waals surface area contributed by atoms with Crippen molar-refractivity contribution in [3.8, 4) is 0 Å². The van der Waals surface area contributed by atoms with E-state index in [1.165, 1.54) is 9.91 Å². The van der Waals surface area contributed by atoms with E-state index >= 15 is 0 Å². The molecule has 0 bridgehead atoms. The van der Waals surface area contributed by atoms with Crippen molar-refractivity contribution in [1.29, 1.82) is 0 Å². The highest BCUT2D eigenvalue weighted by molar-refractivity contribution is 5.94. The third-order valence-corrected chi connectivity index (χ3v) is 6.75. The van der Waals surface area contributed by atoms with Crippen LogP contribution in [0.2, 0.25) is 0 Å². The lowest BCUT2D eigenvalue weighted by Crippen LogP contribution is -2.42. The molecule has 2 aromatic rings. The molecule has 1 saturated carbocycles. The summed E-state index contributed by atoms with van der Waals surface area (Å²) in [6, 6.07) is 5.77. The molecule has 5 rings (SSSR count). The molecule has 0 radical (unpaired) electrons. The zero-order chi connectivity index (χ0) is 23.3. The van der Waals surface area contributed by atoms with Crippen LogP contribution in [0.1, 0.15) is 41.1 Å². The fraction of sp³-hybridized carbons (Fsp3) is 0.478. The summed E-state index contributed by atoms with van der Waals surface area (Å²) < 4.78 is 28.8. The van der Waals surface area contributed by atoms with Crippen LogP contribution in [-0.2, 0) is 11.8 Å². The number of carbonyl (C=O) groups excluding carboxylic acids is 2. The number of fused-ring (bicyclic) bond motifs is 3. The second kappa shape index (κ2) is 7.93. The maximum absolute atomic E-state index is 13.5. The van der Waals surface area contributed by atoms with Crippen LogP contribution < -0.4 is 10.4 Å². The van der Waals surface area contributed by atoms with Crippen LogP contribution in [0, 0.1) is 5.92 Å². The van der Waals surface area contributed by atoms with Crippen LogP contribution >= 0.6 is 0 Å². The van der Waals surface area contributed by atoms with Crippen molar-refractivity contribution >= 4 is 23.8 Å². The Balaban J connectivity index is 1.45. The van der Waals surface area contributed by atoms with Crippen molar-refractivity contribution in [2.24, 2.45) is 18.1 Å². The number of hydrogen-bond acceptors (Lipinski definition) is 5. The first-order valence-electron chi connectivity index (χ1n) is 11.1. The van der Waals surface area contributed by atoms with Gasteiger partial charge >= 0.3 is 0 Å². The molecule has 174 valence electrons. The molecule has 2 amide bonds. The van der Waals surface area contributed by atoms with Crippen LogP contribution in [0.4, 0.5) is 20.3 Å². The third-order valence-electron chi connectivity index (χ3n) is 6.75. The molecule has 2 unspecified atom stereocenters. The van der Waals surface area contributed by atoms with Gasteiger partial charge in [-0.15, -0.1) is 0 Å². The number of piperidine rings is 1. The molecule has 1 saturated heterocycles. The van der Waals surface area contributed by atoms with Gasteiger partial charge in [-0.3, -0.25) is 9.59 Å². The van der Waals surface area contributed by atoms with Gasteiger partial charge in [0.2, 0.25) is 6.41 Å². The number of anilines is 2. The van der Waals surface area contributed by atoms with Gasteiger partial charge in [0.25, 0.3) is 11.8 Å². The number of amides is 2. The molecule has 0 N–H and O–H groups in total. The minimum Gasteiger partial charge on any atom is -0.338 e. The summed E-state index contributed by atoms with van der Waals surface area (Å²) in [7, 11) is 3.43. The highest BCUT2D eigenvalue weighted by Crippen LogP contribution is 2.55. The first-order chi connectivity index (χ1) is 15.8. The normalized spacial score (nSPS) is 23.6. The number of rotatable bonds is 4. The number of nitrogens with zero attached hydrogens (tertiary/aromatic N) is 6. The van der Waals surface area contributed by atoms with Crippen molar-refractivity contribution in [3.63, 3.8) is 0 Å². The summed E-state index contributed by atoms with van der Waals surface area (Å²) in [5.74, 6) is -1.28. The van der Waals surface area contributed by atoms with Crippen LogP contribution in [-0.4, -0.2) is 64.4 Å². The minimum absolute atomic E-state index is 0.0592. The quantitative estimate of drug-likeness (QED) is 0.523. The number of aryl methyl sites for hydroxylation is 1. The summed E-state index contributed by atoms with van der Waals surface area (Å²) in [5, 5.41) is 5.51. The van der Waals surface area contributed by atoms with E-state index in [-0.39, 0.29) is 31.8 Å². The molecule has 10 heteroatoms. The Morgan fingerprint density at radius 3 is 2.79 bits per heavy atom. The maximum Gasteiger partial charge on any atom is 0.255 e. The second-order valence-corrected chi connectivity index (χ2v) is 9.13. The average molecular weight is 456 g/mol. The van der Waals surface area contributed by atoms with E-state index < -0.39 is 5.92 Å². The standard InChI is InChI=1S/C23H26F2N6O2/c1-28-6-3-17(11-20(28)27-29(2)14-32)31-13-16-10-18(16)19-9-15(12-26-21(19)31)22(33)30-7-4-23(24,25)5-8-30/h3,6,9,11-12,14,16,18H,4-5,7-8,10,13H2,1-2H3/b27-20-. The molecule has 0 aromatic carbocycles. The summed E-state index contributed by atoms with van der Waals surface area (Å²) in [6.07, 6.45) is 4.51. The van der Waals surface area contributed by atoms with E-state index in [0.717, 1.165) is 30.0 Å². The van der Waals surface area contributed by atoms with Crippen LogP contribution in [0.15, 0.2) is 35.7 Å². The van der Waals surface area contributed by atoms with E-state index in [0.29, 0.717) is 29.3 Å². The van der Waals surface area contributed by atoms with Gasteiger partial charge in [0, 0.05) is 70.7 Å². The van der Waals surface area contributed by atoms with Crippen molar-refractivity contribution in [1.82, 2.24) is 19.5 Å². The lowest BCUT2D eigenvalue weighted by molar-refractivity contribution is -0.117. The van der Waals surface area contributed by atoms with Gasteiger partial charge in [0.05, 0.1) is 5.56 Å². The number of hydrogen-bond donors (Lipinski definition) is 0. The summed E-state index contributed by atoms with van der Waals surface area (Å²) in [6.45, 7) is 0.934. The Hall–Kier alpha value is -3.30. The predicted molar refractivity (Wildman–Crippen MR) is 117 cm³/mol. The van der Waals surface area contributed by atoms with Crippen molar-refractivity contribution in [2.75, 3.05) is 31.6 Å². The highest BCUT2D eigenvalue weighted by Gasteiger charge is 2.46. The van der Waals surface area contributed by atoms with Crippen molar-refractivity contribution in [3.05, 3.63) is 47.2 Å². The molecule has 1 aliphatic carbocycles. The van der Waals surface area contributed by atoms with E-state index in [2.05, 4.69) is 15.0 Å². The van der Waals surface area contributed by atoms with Crippen LogP contribution in [0.5, 0.6) is 0 Å². The number of alkyl halides is 2. The van der Waals surface area contributed by atoms with E-state index in [4.69, 9.17) is 0 Å². The van der Waals surface area contributed by atoms with Crippen LogP contribution in [0.25, 0.3) is 0 Å². The van der Waals surface area contributed by atoms with Gasteiger partial charge in [-0.1, -0.05) is 0 Å². The third kappa shape index (κ3) is 4.09. The average Bonchev–Trinajstić information content (AvgIpc) is 3.59. The lowest BCUT2D eigenvalue weighted by Gasteiger charge is -2.33. The maximum atomic E-state index is 13.5. The Bertz CT molecular complexity index is 1170. The molecular weight excluding hydrogens is 430 g/mol. The fourth-order valence-corrected chi connectivity index (χ4v) is 4.69. The minimum atomic E-state index is -2.69. The van der Waals surface area contributed by atoms with Crippen LogP contribution in [0.3, 0.4) is 0 Å². The molecule has 2 aliphatic heterocycles. The summed E-state index contributed by atoms with van der Waals surface area (Å²) in [4.78, 5) is 32.2.